The van der Waals surface area contributed by atoms with Crippen LogP contribution in [0.2, 0.25) is 0 Å². The molecule has 0 aromatic rings. The van der Waals surface area contributed by atoms with Crippen LogP contribution in [-0.4, -0.2) is 25.4 Å². The predicted molar refractivity (Wildman–Crippen MR) is 44.6 cm³/mol. The molecule has 1 aliphatic rings. The molecular formula is C9H18O2. The summed E-state index contributed by atoms with van der Waals surface area (Å²) in [5.74, 6) is 0.566. The molecule has 1 heterocycles. The zero-order chi connectivity index (χ0) is 8.27. The highest BCUT2D eigenvalue weighted by Gasteiger charge is 2.31. The summed E-state index contributed by atoms with van der Waals surface area (Å²) < 4.78 is 11.1. The maximum atomic E-state index is 5.65. The van der Waals surface area contributed by atoms with Gasteiger partial charge in [-0.25, -0.2) is 0 Å². The molecule has 0 aliphatic carbocycles. The molecule has 1 fully saturated rings. The van der Waals surface area contributed by atoms with Crippen molar-refractivity contribution in [2.45, 2.75) is 39.4 Å². The molecule has 0 radical (unpaired) electrons. The molecule has 0 N–H and O–H groups in total. The summed E-state index contributed by atoms with van der Waals surface area (Å²) in [5, 5.41) is 0. The molecule has 1 aliphatic heterocycles. The average molecular weight is 158 g/mol. The van der Waals surface area contributed by atoms with Gasteiger partial charge in [-0.1, -0.05) is 13.8 Å². The van der Waals surface area contributed by atoms with Crippen LogP contribution in [0.3, 0.4) is 0 Å². The van der Waals surface area contributed by atoms with Gasteiger partial charge in [0, 0.05) is 12.5 Å². The van der Waals surface area contributed by atoms with E-state index >= 15 is 0 Å². The van der Waals surface area contributed by atoms with E-state index in [1.54, 1.807) is 0 Å². The lowest BCUT2D eigenvalue weighted by Crippen LogP contribution is -2.26. The van der Waals surface area contributed by atoms with E-state index in [1.165, 1.54) is 0 Å². The molecule has 2 unspecified atom stereocenters. The third-order valence-corrected chi connectivity index (χ3v) is 2.16. The Morgan fingerprint density at radius 3 is 2.64 bits per heavy atom. The Morgan fingerprint density at radius 2 is 2.18 bits per heavy atom. The minimum absolute atomic E-state index is 0.288. The van der Waals surface area contributed by atoms with Crippen molar-refractivity contribution in [2.24, 2.45) is 5.92 Å². The van der Waals surface area contributed by atoms with Gasteiger partial charge in [0.05, 0.1) is 18.8 Å². The number of ether oxygens (including phenoxy) is 2. The van der Waals surface area contributed by atoms with Gasteiger partial charge in [-0.15, -0.1) is 0 Å². The summed E-state index contributed by atoms with van der Waals surface area (Å²) in [6.45, 7) is 8.12. The normalized spacial score (nSPS) is 37.9. The molecular weight excluding hydrogens is 140 g/mol. The quantitative estimate of drug-likeness (QED) is 0.624. The second kappa shape index (κ2) is 4.07. The van der Waals surface area contributed by atoms with Gasteiger partial charge in [0.15, 0.2) is 0 Å². The van der Waals surface area contributed by atoms with Crippen molar-refractivity contribution < 1.29 is 9.47 Å². The molecule has 0 spiro atoms. The molecule has 0 aromatic carbocycles. The fourth-order valence-corrected chi connectivity index (χ4v) is 1.51. The summed E-state index contributed by atoms with van der Waals surface area (Å²) in [6.07, 6.45) is 1.71. The molecule has 66 valence electrons. The standard InChI is InChI=1S/C9H18O2/c1-4-5-10-9-7(2)6-11-8(9)3/h7-9H,4-6H2,1-3H3/t7-,8?,9?/m1/s1. The van der Waals surface area contributed by atoms with Crippen molar-refractivity contribution in [1.29, 1.82) is 0 Å². The molecule has 2 nitrogen and oxygen atoms in total. The molecule has 1 rings (SSSR count). The lowest BCUT2D eigenvalue weighted by molar-refractivity contribution is -0.00834. The Morgan fingerprint density at radius 1 is 1.45 bits per heavy atom. The summed E-state index contributed by atoms with van der Waals surface area (Å²) in [7, 11) is 0. The SMILES string of the molecule is CCCOC1C(C)OC[C@H]1C. The molecule has 1 saturated heterocycles. The van der Waals surface area contributed by atoms with Gasteiger partial charge in [-0.2, -0.15) is 0 Å². The van der Waals surface area contributed by atoms with Crippen LogP contribution >= 0.6 is 0 Å². The van der Waals surface area contributed by atoms with E-state index < -0.39 is 0 Å². The van der Waals surface area contributed by atoms with Crippen molar-refractivity contribution in [3.05, 3.63) is 0 Å². The number of hydrogen-bond acceptors (Lipinski definition) is 2. The van der Waals surface area contributed by atoms with Crippen LogP contribution in [0.25, 0.3) is 0 Å². The monoisotopic (exact) mass is 158 g/mol. The fourth-order valence-electron chi connectivity index (χ4n) is 1.51. The highest BCUT2D eigenvalue weighted by Crippen LogP contribution is 2.22. The van der Waals surface area contributed by atoms with Gasteiger partial charge < -0.3 is 9.47 Å². The van der Waals surface area contributed by atoms with Crippen LogP contribution in [0.5, 0.6) is 0 Å². The van der Waals surface area contributed by atoms with E-state index in [-0.39, 0.29) is 6.10 Å². The molecule has 0 amide bonds. The first-order chi connectivity index (χ1) is 5.25. The van der Waals surface area contributed by atoms with E-state index in [0.717, 1.165) is 19.6 Å². The van der Waals surface area contributed by atoms with E-state index in [9.17, 15) is 0 Å². The summed E-state index contributed by atoms with van der Waals surface area (Å²) in [4.78, 5) is 0. The maximum Gasteiger partial charge on any atom is 0.0881 e. The first-order valence-electron chi connectivity index (χ1n) is 4.49. The van der Waals surface area contributed by atoms with Crippen LogP contribution < -0.4 is 0 Å². The van der Waals surface area contributed by atoms with Crippen molar-refractivity contribution in [3.63, 3.8) is 0 Å². The van der Waals surface area contributed by atoms with Gasteiger partial charge >= 0.3 is 0 Å². The Kier molecular flexibility index (Phi) is 3.34. The van der Waals surface area contributed by atoms with Crippen LogP contribution in [0.4, 0.5) is 0 Å². The van der Waals surface area contributed by atoms with Crippen molar-refractivity contribution in [1.82, 2.24) is 0 Å². The second-order valence-electron chi connectivity index (χ2n) is 3.35. The fraction of sp³-hybridized carbons (Fsp3) is 1.00. The van der Waals surface area contributed by atoms with Crippen LogP contribution in [0.1, 0.15) is 27.2 Å². The summed E-state index contributed by atoms with van der Waals surface area (Å²) in [5.41, 5.74) is 0. The Labute approximate surface area is 68.9 Å². The minimum atomic E-state index is 0.288. The Balaban J connectivity index is 2.29. The second-order valence-corrected chi connectivity index (χ2v) is 3.35. The Bertz CT molecular complexity index is 104. The smallest absolute Gasteiger partial charge is 0.0881 e. The van der Waals surface area contributed by atoms with Crippen LogP contribution in [0, 0.1) is 5.92 Å². The zero-order valence-corrected chi connectivity index (χ0v) is 7.67. The van der Waals surface area contributed by atoms with E-state index in [0.29, 0.717) is 12.0 Å². The maximum absolute atomic E-state index is 5.65. The van der Waals surface area contributed by atoms with E-state index in [1.807, 2.05) is 0 Å². The molecule has 3 atom stereocenters. The summed E-state index contributed by atoms with van der Waals surface area (Å²) in [6, 6.07) is 0. The number of rotatable bonds is 3. The predicted octanol–water partition coefficient (Wildman–Crippen LogP) is 1.84. The zero-order valence-electron chi connectivity index (χ0n) is 7.67. The largest absolute Gasteiger partial charge is 0.375 e. The van der Waals surface area contributed by atoms with Crippen LogP contribution in [0.15, 0.2) is 0 Å². The van der Waals surface area contributed by atoms with Gasteiger partial charge in [-0.3, -0.25) is 0 Å². The Hall–Kier alpha value is -0.0800. The lowest BCUT2D eigenvalue weighted by atomic mass is 10.1. The first kappa shape index (κ1) is 9.01. The van der Waals surface area contributed by atoms with Gasteiger partial charge in [0.25, 0.3) is 0 Å². The molecule has 11 heavy (non-hydrogen) atoms. The van der Waals surface area contributed by atoms with E-state index in [4.69, 9.17) is 9.47 Å². The third kappa shape index (κ3) is 2.17. The minimum Gasteiger partial charge on any atom is -0.375 e. The van der Waals surface area contributed by atoms with Gasteiger partial charge in [-0.05, 0) is 13.3 Å². The van der Waals surface area contributed by atoms with Crippen molar-refractivity contribution >= 4 is 0 Å². The number of hydrogen-bond donors (Lipinski definition) is 0. The van der Waals surface area contributed by atoms with Crippen LogP contribution in [-0.2, 0) is 9.47 Å². The van der Waals surface area contributed by atoms with E-state index in [2.05, 4.69) is 20.8 Å². The third-order valence-electron chi connectivity index (χ3n) is 2.16. The molecule has 0 bridgehead atoms. The molecule has 0 aromatic heterocycles. The van der Waals surface area contributed by atoms with Crippen molar-refractivity contribution in [2.75, 3.05) is 13.2 Å². The average Bonchev–Trinajstić information content (AvgIpc) is 2.29. The highest BCUT2D eigenvalue weighted by atomic mass is 16.6. The summed E-state index contributed by atoms with van der Waals surface area (Å²) >= 11 is 0. The molecule has 0 saturated carbocycles. The topological polar surface area (TPSA) is 18.5 Å². The first-order valence-corrected chi connectivity index (χ1v) is 4.49. The van der Waals surface area contributed by atoms with Gasteiger partial charge in [0.1, 0.15) is 0 Å². The van der Waals surface area contributed by atoms with Crippen molar-refractivity contribution in [3.8, 4) is 0 Å². The van der Waals surface area contributed by atoms with Gasteiger partial charge in [0.2, 0.25) is 0 Å². The lowest BCUT2D eigenvalue weighted by Gasteiger charge is -2.17. The molecule has 2 heteroatoms. The highest BCUT2D eigenvalue weighted by molar-refractivity contribution is 4.78.